The van der Waals surface area contributed by atoms with Crippen LogP contribution in [0, 0.1) is 5.41 Å². The van der Waals surface area contributed by atoms with Crippen LogP contribution in [-0.4, -0.2) is 40.4 Å². The van der Waals surface area contributed by atoms with Crippen LogP contribution in [0.2, 0.25) is 0 Å². The smallest absolute Gasteiger partial charge is 0.410 e. The monoisotopic (exact) mass is 285 g/mol. The van der Waals surface area contributed by atoms with Crippen LogP contribution in [0.15, 0.2) is 0 Å². The molecule has 1 rings (SSSR count). The van der Waals surface area contributed by atoms with Gasteiger partial charge in [0.2, 0.25) is 0 Å². The van der Waals surface area contributed by atoms with Crippen molar-refractivity contribution >= 4 is 6.09 Å². The van der Waals surface area contributed by atoms with Gasteiger partial charge in [-0.3, -0.25) is 0 Å². The number of aliphatic hydroxyl groups excluding tert-OH is 1. The molecule has 118 valence electrons. The Balaban J connectivity index is 2.69. The van der Waals surface area contributed by atoms with E-state index in [1.165, 1.54) is 0 Å². The second-order valence-corrected chi connectivity index (χ2v) is 7.94. The molecule has 4 heteroatoms. The van der Waals surface area contributed by atoms with Gasteiger partial charge in [-0.1, -0.05) is 20.8 Å². The van der Waals surface area contributed by atoms with Crippen LogP contribution in [0.5, 0.6) is 0 Å². The van der Waals surface area contributed by atoms with Crippen molar-refractivity contribution in [3.63, 3.8) is 0 Å². The molecule has 0 aromatic carbocycles. The number of aliphatic hydroxyl groups is 1. The lowest BCUT2D eigenvalue weighted by Gasteiger charge is -2.39. The van der Waals surface area contributed by atoms with Crippen molar-refractivity contribution in [3.8, 4) is 0 Å². The van der Waals surface area contributed by atoms with Crippen LogP contribution in [0.4, 0.5) is 4.79 Å². The molecular formula is C16H31NO3. The highest BCUT2D eigenvalue weighted by molar-refractivity contribution is 5.68. The van der Waals surface area contributed by atoms with E-state index in [0.717, 1.165) is 25.8 Å². The molecule has 2 atom stereocenters. The maximum absolute atomic E-state index is 12.3. The van der Waals surface area contributed by atoms with Crippen LogP contribution >= 0.6 is 0 Å². The molecule has 1 heterocycles. The average molecular weight is 285 g/mol. The second-order valence-electron chi connectivity index (χ2n) is 7.94. The van der Waals surface area contributed by atoms with Crippen molar-refractivity contribution in [2.75, 3.05) is 6.54 Å². The molecule has 1 saturated heterocycles. The normalized spacial score (nSPS) is 22.6. The van der Waals surface area contributed by atoms with Gasteiger partial charge in [0.1, 0.15) is 5.60 Å². The lowest BCUT2D eigenvalue weighted by molar-refractivity contribution is -0.0105. The van der Waals surface area contributed by atoms with E-state index in [-0.39, 0.29) is 17.6 Å². The fourth-order valence-corrected chi connectivity index (χ4v) is 2.42. The first-order chi connectivity index (χ1) is 9.00. The van der Waals surface area contributed by atoms with Gasteiger partial charge in [-0.2, -0.15) is 0 Å². The van der Waals surface area contributed by atoms with Gasteiger partial charge < -0.3 is 14.7 Å². The van der Waals surface area contributed by atoms with E-state index in [1.807, 2.05) is 46.4 Å². The minimum Gasteiger partial charge on any atom is -0.444 e. The van der Waals surface area contributed by atoms with E-state index >= 15 is 0 Å². The Kier molecular flexibility index (Phi) is 5.47. The number of amides is 1. The molecule has 1 N–H and O–H groups in total. The summed E-state index contributed by atoms with van der Waals surface area (Å²) < 4.78 is 5.48. The Labute approximate surface area is 123 Å². The summed E-state index contributed by atoms with van der Waals surface area (Å²) in [6.45, 7) is 12.5. The first-order valence-electron chi connectivity index (χ1n) is 7.68. The van der Waals surface area contributed by atoms with Crippen LogP contribution in [0.25, 0.3) is 0 Å². The van der Waals surface area contributed by atoms with Crippen LogP contribution < -0.4 is 0 Å². The maximum Gasteiger partial charge on any atom is 0.410 e. The quantitative estimate of drug-likeness (QED) is 0.843. The Morgan fingerprint density at radius 1 is 1.25 bits per heavy atom. The molecule has 1 aliphatic heterocycles. The van der Waals surface area contributed by atoms with E-state index < -0.39 is 11.7 Å². The lowest BCUT2D eigenvalue weighted by atomic mass is 9.83. The molecule has 0 aliphatic carbocycles. The minimum atomic E-state index is -0.471. The summed E-state index contributed by atoms with van der Waals surface area (Å²) in [5.41, 5.74) is -0.626. The second kappa shape index (κ2) is 6.33. The maximum atomic E-state index is 12.3. The van der Waals surface area contributed by atoms with Crippen LogP contribution in [-0.2, 0) is 4.74 Å². The summed E-state index contributed by atoms with van der Waals surface area (Å²) in [5, 5.41) is 10.3. The van der Waals surface area contributed by atoms with Crippen molar-refractivity contribution in [2.24, 2.45) is 5.41 Å². The van der Waals surface area contributed by atoms with E-state index in [2.05, 4.69) is 0 Å². The number of likely N-dealkylation sites (tertiary alicyclic amines) is 1. The molecule has 1 amide bonds. The average Bonchev–Trinajstić information content (AvgIpc) is 2.25. The van der Waals surface area contributed by atoms with Gasteiger partial charge in [-0.25, -0.2) is 4.79 Å². The summed E-state index contributed by atoms with van der Waals surface area (Å²) in [6.07, 6.45) is 3.05. The summed E-state index contributed by atoms with van der Waals surface area (Å²) in [5.74, 6) is 0. The van der Waals surface area contributed by atoms with Gasteiger partial charge in [-0.05, 0) is 51.9 Å². The third kappa shape index (κ3) is 5.31. The molecule has 1 aliphatic rings. The molecule has 20 heavy (non-hydrogen) atoms. The molecule has 0 spiro atoms. The number of hydrogen-bond acceptors (Lipinski definition) is 3. The van der Waals surface area contributed by atoms with Crippen LogP contribution in [0.1, 0.15) is 67.2 Å². The Bertz CT molecular complexity index is 328. The number of carbonyl (C=O) groups excluding carboxylic acids is 1. The molecule has 0 bridgehead atoms. The number of carbonyl (C=O) groups is 1. The lowest BCUT2D eigenvalue weighted by Crippen LogP contribution is -2.48. The van der Waals surface area contributed by atoms with Gasteiger partial charge in [-0.15, -0.1) is 0 Å². The van der Waals surface area contributed by atoms with E-state index in [9.17, 15) is 9.90 Å². The van der Waals surface area contributed by atoms with Gasteiger partial charge in [0.25, 0.3) is 0 Å². The number of hydrogen-bond donors (Lipinski definition) is 1. The van der Waals surface area contributed by atoms with Gasteiger partial charge >= 0.3 is 6.09 Å². The number of nitrogens with zero attached hydrogens (tertiary/aromatic N) is 1. The zero-order valence-electron chi connectivity index (χ0n) is 13.9. The van der Waals surface area contributed by atoms with E-state index in [4.69, 9.17) is 4.74 Å². The highest BCUT2D eigenvalue weighted by Crippen LogP contribution is 2.29. The molecule has 0 aromatic heterocycles. The minimum absolute atomic E-state index is 0.0906. The van der Waals surface area contributed by atoms with Crippen molar-refractivity contribution in [3.05, 3.63) is 0 Å². The van der Waals surface area contributed by atoms with Crippen LogP contribution in [0.3, 0.4) is 0 Å². The topological polar surface area (TPSA) is 49.8 Å². The molecule has 4 nitrogen and oxygen atoms in total. The summed E-state index contributed by atoms with van der Waals surface area (Å²) >= 11 is 0. The summed E-state index contributed by atoms with van der Waals surface area (Å²) in [4.78, 5) is 14.1. The highest BCUT2D eigenvalue weighted by atomic mass is 16.6. The van der Waals surface area contributed by atoms with Crippen molar-refractivity contribution in [1.29, 1.82) is 0 Å². The molecule has 0 radical (unpaired) electrons. The third-order valence-electron chi connectivity index (χ3n) is 3.75. The fourth-order valence-electron chi connectivity index (χ4n) is 2.42. The van der Waals surface area contributed by atoms with E-state index in [0.29, 0.717) is 6.42 Å². The first kappa shape index (κ1) is 17.3. The first-order valence-corrected chi connectivity index (χ1v) is 7.68. The molecule has 0 saturated carbocycles. The molecular weight excluding hydrogens is 254 g/mol. The number of ether oxygens (including phenoxy) is 1. The Hall–Kier alpha value is -0.770. The predicted octanol–water partition coefficient (Wildman–Crippen LogP) is 3.57. The highest BCUT2D eigenvalue weighted by Gasteiger charge is 2.34. The van der Waals surface area contributed by atoms with Crippen molar-refractivity contribution < 1.29 is 14.6 Å². The zero-order chi connectivity index (χ0) is 15.6. The van der Waals surface area contributed by atoms with E-state index in [1.54, 1.807) is 0 Å². The standard InChI is InChI=1S/C16H31NO3/c1-15(2,3)13(18)11-12-9-7-8-10-17(12)14(19)20-16(4,5)6/h12-13,18H,7-11H2,1-6H3. The number of piperidine rings is 1. The van der Waals surface area contributed by atoms with Gasteiger partial charge in [0.05, 0.1) is 6.10 Å². The summed E-state index contributed by atoms with van der Waals surface area (Å²) in [7, 11) is 0. The predicted molar refractivity (Wildman–Crippen MR) is 80.7 cm³/mol. The molecule has 2 unspecified atom stereocenters. The largest absolute Gasteiger partial charge is 0.444 e. The number of rotatable bonds is 2. The zero-order valence-corrected chi connectivity index (χ0v) is 13.9. The van der Waals surface area contributed by atoms with Crippen molar-refractivity contribution in [1.82, 2.24) is 4.90 Å². The Morgan fingerprint density at radius 2 is 1.85 bits per heavy atom. The Morgan fingerprint density at radius 3 is 2.35 bits per heavy atom. The third-order valence-corrected chi connectivity index (χ3v) is 3.75. The van der Waals surface area contributed by atoms with Crippen molar-refractivity contribution in [2.45, 2.75) is 85.0 Å². The van der Waals surface area contributed by atoms with Gasteiger partial charge in [0, 0.05) is 12.6 Å². The summed E-state index contributed by atoms with van der Waals surface area (Å²) in [6, 6.07) is 0.0906. The fraction of sp³-hybridized carbons (Fsp3) is 0.938. The van der Waals surface area contributed by atoms with Gasteiger partial charge in [0.15, 0.2) is 0 Å². The molecule has 1 fully saturated rings. The molecule has 0 aromatic rings. The SMILES string of the molecule is CC(C)(C)OC(=O)N1CCCCC1CC(O)C(C)(C)C.